The van der Waals surface area contributed by atoms with Crippen LogP contribution in [0, 0.1) is 0 Å². The van der Waals surface area contributed by atoms with Crippen LogP contribution in [-0.2, 0) is 4.79 Å². The Morgan fingerprint density at radius 2 is 1.94 bits per heavy atom. The number of pyridine rings is 1. The van der Waals surface area contributed by atoms with Crippen molar-refractivity contribution in [3.63, 3.8) is 0 Å². The Morgan fingerprint density at radius 1 is 1.33 bits per heavy atom. The minimum absolute atomic E-state index is 0.209. The number of nitrogens with zero attached hydrogens (tertiary/aromatic N) is 1. The maximum Gasteiger partial charge on any atom is 0.326 e. The first kappa shape index (κ1) is 14.0. The molecule has 0 aliphatic carbocycles. The zero-order valence-corrected chi connectivity index (χ0v) is 10.4. The number of carbonyl (C=O) groups excluding carboxylic acids is 1. The first-order valence-electron chi connectivity index (χ1n) is 5.74. The number of carboxylic acid groups (broad SMARTS) is 1. The summed E-state index contributed by atoms with van der Waals surface area (Å²) in [6.07, 6.45) is 3.61. The van der Waals surface area contributed by atoms with Crippen molar-refractivity contribution in [3.8, 4) is 0 Å². The summed E-state index contributed by atoms with van der Waals surface area (Å²) in [7, 11) is 0. The van der Waals surface area contributed by atoms with Crippen LogP contribution in [0.1, 0.15) is 31.9 Å². The van der Waals surface area contributed by atoms with E-state index in [0.29, 0.717) is 6.42 Å². The number of aliphatic carboxylic acids is 1. The molecular formula is C12H17N3O3. The van der Waals surface area contributed by atoms with Gasteiger partial charge in [-0.15, -0.1) is 0 Å². The first-order valence-corrected chi connectivity index (χ1v) is 5.74. The lowest BCUT2D eigenvalue weighted by molar-refractivity contribution is -0.139. The van der Waals surface area contributed by atoms with Gasteiger partial charge in [0.15, 0.2) is 0 Å². The summed E-state index contributed by atoms with van der Waals surface area (Å²) in [5.74, 6) is -1.04. The molecule has 98 valence electrons. The van der Waals surface area contributed by atoms with E-state index in [1.807, 2.05) is 6.92 Å². The monoisotopic (exact) mass is 251 g/mol. The molecule has 2 amide bonds. The lowest BCUT2D eigenvalue weighted by atomic mass is 10.1. The molecule has 0 aliphatic heterocycles. The Labute approximate surface area is 105 Å². The predicted molar refractivity (Wildman–Crippen MR) is 66.0 cm³/mol. The highest BCUT2D eigenvalue weighted by Gasteiger charge is 2.18. The van der Waals surface area contributed by atoms with Crippen molar-refractivity contribution in [1.29, 1.82) is 0 Å². The van der Waals surface area contributed by atoms with Crippen molar-refractivity contribution in [2.45, 2.75) is 32.4 Å². The Hall–Kier alpha value is -2.11. The molecule has 0 spiro atoms. The molecule has 1 aromatic rings. The summed E-state index contributed by atoms with van der Waals surface area (Å²) in [6.45, 7) is 3.52. The molecule has 1 unspecified atom stereocenters. The molecule has 0 saturated carbocycles. The van der Waals surface area contributed by atoms with E-state index in [9.17, 15) is 9.59 Å². The molecule has 1 aromatic heterocycles. The van der Waals surface area contributed by atoms with Crippen molar-refractivity contribution in [3.05, 3.63) is 30.1 Å². The number of urea groups is 1. The molecule has 0 saturated heterocycles. The largest absolute Gasteiger partial charge is 0.480 e. The lowest BCUT2D eigenvalue weighted by Crippen LogP contribution is -2.46. The number of rotatable bonds is 5. The maximum absolute atomic E-state index is 11.6. The van der Waals surface area contributed by atoms with Crippen molar-refractivity contribution in [1.82, 2.24) is 15.6 Å². The van der Waals surface area contributed by atoms with E-state index in [-0.39, 0.29) is 6.04 Å². The van der Waals surface area contributed by atoms with E-state index in [0.717, 1.165) is 5.56 Å². The summed E-state index contributed by atoms with van der Waals surface area (Å²) in [5.41, 5.74) is 0.906. The smallest absolute Gasteiger partial charge is 0.326 e. The highest BCUT2D eigenvalue weighted by molar-refractivity contribution is 5.82. The normalized spacial score (nSPS) is 13.4. The van der Waals surface area contributed by atoms with Crippen LogP contribution in [0.3, 0.4) is 0 Å². The minimum atomic E-state index is -1.04. The number of hydrogen-bond acceptors (Lipinski definition) is 3. The number of hydrogen-bond donors (Lipinski definition) is 3. The third-order valence-electron chi connectivity index (χ3n) is 2.57. The van der Waals surface area contributed by atoms with Crippen LogP contribution < -0.4 is 10.6 Å². The summed E-state index contributed by atoms with van der Waals surface area (Å²) in [6, 6.07) is 2.02. The molecule has 3 N–H and O–H groups in total. The van der Waals surface area contributed by atoms with Gasteiger partial charge in [-0.05, 0) is 31.0 Å². The van der Waals surface area contributed by atoms with Gasteiger partial charge in [-0.25, -0.2) is 9.59 Å². The summed E-state index contributed by atoms with van der Waals surface area (Å²) in [4.78, 5) is 26.3. The van der Waals surface area contributed by atoms with Crippen LogP contribution in [0.4, 0.5) is 4.79 Å². The highest BCUT2D eigenvalue weighted by Crippen LogP contribution is 2.09. The highest BCUT2D eigenvalue weighted by atomic mass is 16.4. The molecule has 1 rings (SSSR count). The number of carboxylic acids is 1. The van der Waals surface area contributed by atoms with Gasteiger partial charge in [-0.2, -0.15) is 0 Å². The summed E-state index contributed by atoms with van der Waals surface area (Å²) < 4.78 is 0. The number of nitrogens with one attached hydrogen (secondary N) is 2. The molecule has 0 fully saturated rings. The van der Waals surface area contributed by atoms with Crippen molar-refractivity contribution in [2.75, 3.05) is 0 Å². The Morgan fingerprint density at radius 3 is 2.44 bits per heavy atom. The van der Waals surface area contributed by atoms with Crippen molar-refractivity contribution < 1.29 is 14.7 Å². The second kappa shape index (κ2) is 6.58. The van der Waals surface area contributed by atoms with Crippen LogP contribution in [-0.4, -0.2) is 28.1 Å². The number of aromatic nitrogens is 1. The third kappa shape index (κ3) is 4.04. The molecule has 18 heavy (non-hydrogen) atoms. The van der Waals surface area contributed by atoms with Crippen LogP contribution in [0.2, 0.25) is 0 Å². The molecule has 6 nitrogen and oxygen atoms in total. The van der Waals surface area contributed by atoms with Gasteiger partial charge >= 0.3 is 12.0 Å². The van der Waals surface area contributed by atoms with E-state index >= 15 is 0 Å². The van der Waals surface area contributed by atoms with Crippen molar-refractivity contribution in [2.24, 2.45) is 0 Å². The minimum Gasteiger partial charge on any atom is -0.480 e. The summed E-state index contributed by atoms with van der Waals surface area (Å²) >= 11 is 0. The Balaban J connectivity index is 2.52. The quantitative estimate of drug-likeness (QED) is 0.735. The molecular weight excluding hydrogens is 234 g/mol. The fraction of sp³-hybridized carbons (Fsp3) is 0.417. The SMILES string of the molecule is CC[C@@H](NC(=O)NC(C)c1ccncc1)C(=O)O. The standard InChI is InChI=1S/C12H17N3O3/c1-3-10(11(16)17)15-12(18)14-8(2)9-4-6-13-7-5-9/h4-8,10H,3H2,1-2H3,(H,16,17)(H2,14,15,18)/t8?,10-/m1/s1. The Bertz CT molecular complexity index is 408. The molecule has 1 heterocycles. The fourth-order valence-corrected chi connectivity index (χ4v) is 1.47. The molecule has 0 bridgehead atoms. The molecule has 0 aromatic carbocycles. The van der Waals surface area contributed by atoms with Crippen molar-refractivity contribution >= 4 is 12.0 Å². The zero-order valence-electron chi connectivity index (χ0n) is 10.4. The van der Waals surface area contributed by atoms with Crippen LogP contribution in [0.5, 0.6) is 0 Å². The molecule has 6 heteroatoms. The molecule has 2 atom stereocenters. The topological polar surface area (TPSA) is 91.3 Å². The average Bonchev–Trinajstić information content (AvgIpc) is 2.36. The van der Waals surface area contributed by atoms with Crippen LogP contribution >= 0.6 is 0 Å². The van der Waals surface area contributed by atoms with E-state index in [4.69, 9.17) is 5.11 Å². The number of amides is 2. The van der Waals surface area contributed by atoms with Gasteiger partial charge in [-0.1, -0.05) is 6.92 Å². The van der Waals surface area contributed by atoms with E-state index in [2.05, 4.69) is 15.6 Å². The first-order chi connectivity index (χ1) is 8.54. The Kier molecular flexibility index (Phi) is 5.10. The summed E-state index contributed by atoms with van der Waals surface area (Å²) in [5, 5.41) is 13.9. The lowest BCUT2D eigenvalue weighted by Gasteiger charge is -2.17. The van der Waals surface area contributed by atoms with Gasteiger partial charge in [0.2, 0.25) is 0 Å². The molecule has 0 radical (unpaired) electrons. The van der Waals surface area contributed by atoms with E-state index < -0.39 is 18.0 Å². The van der Waals surface area contributed by atoms with E-state index in [1.54, 1.807) is 31.5 Å². The maximum atomic E-state index is 11.6. The van der Waals surface area contributed by atoms with Gasteiger partial charge < -0.3 is 15.7 Å². The van der Waals surface area contributed by atoms with Gasteiger partial charge in [0.1, 0.15) is 6.04 Å². The number of carbonyl (C=O) groups is 2. The second-order valence-corrected chi connectivity index (χ2v) is 3.92. The van der Waals surface area contributed by atoms with Gasteiger partial charge in [-0.3, -0.25) is 4.98 Å². The predicted octanol–water partition coefficient (Wildman–Crippen LogP) is 1.30. The second-order valence-electron chi connectivity index (χ2n) is 3.92. The fourth-order valence-electron chi connectivity index (χ4n) is 1.47. The average molecular weight is 251 g/mol. The van der Waals surface area contributed by atoms with E-state index in [1.165, 1.54) is 0 Å². The van der Waals surface area contributed by atoms with Gasteiger partial charge in [0, 0.05) is 12.4 Å². The van der Waals surface area contributed by atoms with Crippen LogP contribution in [0.25, 0.3) is 0 Å². The third-order valence-corrected chi connectivity index (χ3v) is 2.57. The van der Waals surface area contributed by atoms with Gasteiger partial charge in [0.25, 0.3) is 0 Å². The van der Waals surface area contributed by atoms with Gasteiger partial charge in [0.05, 0.1) is 6.04 Å². The molecule has 0 aliphatic rings. The van der Waals surface area contributed by atoms with Crippen LogP contribution in [0.15, 0.2) is 24.5 Å². The zero-order chi connectivity index (χ0) is 13.5.